The molecule has 0 aromatic carbocycles. The van der Waals surface area contributed by atoms with Crippen molar-refractivity contribution < 1.29 is 14.7 Å². The van der Waals surface area contributed by atoms with Gasteiger partial charge in [0.1, 0.15) is 0 Å². The molecule has 102 valence electrons. The Labute approximate surface area is 115 Å². The molecule has 5 nitrogen and oxygen atoms in total. The number of aliphatic carboxylic acids is 1. The molecule has 6 heteroatoms. The number of carboxylic acids is 1. The molecule has 2 heterocycles. The van der Waals surface area contributed by atoms with Gasteiger partial charge in [-0.3, -0.25) is 9.69 Å². The summed E-state index contributed by atoms with van der Waals surface area (Å²) >= 11 is 1.53. The van der Waals surface area contributed by atoms with Crippen LogP contribution in [-0.4, -0.2) is 34.5 Å². The van der Waals surface area contributed by atoms with Crippen LogP contribution in [0.3, 0.4) is 0 Å². The Morgan fingerprint density at radius 2 is 2.32 bits per heavy atom. The molecule has 1 aromatic heterocycles. The molecule has 1 aromatic rings. The average molecular weight is 280 g/mol. The van der Waals surface area contributed by atoms with Crippen molar-refractivity contribution in [2.75, 3.05) is 6.54 Å². The van der Waals surface area contributed by atoms with Gasteiger partial charge in [0.15, 0.2) is 0 Å². The monoisotopic (exact) mass is 280 g/mol. The standard InChI is InChI=1S/C13H16N2O3S/c14-13(18)11-2-1-7-15(11)8-10-4-3-9(19-10)5-6-12(16)17/h3-6,11H,1-2,7-8H2,(H2,14,18)(H,16,17). The molecule has 1 aliphatic rings. The molecule has 19 heavy (non-hydrogen) atoms. The molecule has 0 spiro atoms. The van der Waals surface area contributed by atoms with Crippen molar-refractivity contribution in [3.05, 3.63) is 28.0 Å². The molecular weight excluding hydrogens is 264 g/mol. The third-order valence-corrected chi connectivity index (χ3v) is 4.16. The molecule has 1 amide bonds. The summed E-state index contributed by atoms with van der Waals surface area (Å²) in [5.41, 5.74) is 5.37. The molecule has 1 saturated heterocycles. The van der Waals surface area contributed by atoms with E-state index < -0.39 is 5.97 Å². The number of carboxylic acid groups (broad SMARTS) is 1. The zero-order chi connectivity index (χ0) is 13.8. The van der Waals surface area contributed by atoms with Crippen molar-refractivity contribution in [1.82, 2.24) is 4.90 Å². The molecule has 1 atom stereocenters. The first-order chi connectivity index (χ1) is 9.06. The van der Waals surface area contributed by atoms with E-state index in [1.807, 2.05) is 12.1 Å². The van der Waals surface area contributed by atoms with E-state index in [2.05, 4.69) is 4.90 Å². The molecule has 3 N–H and O–H groups in total. The summed E-state index contributed by atoms with van der Waals surface area (Å²) in [6, 6.07) is 3.68. The molecule has 1 aliphatic heterocycles. The second-order valence-electron chi connectivity index (χ2n) is 4.51. The topological polar surface area (TPSA) is 83.6 Å². The maximum absolute atomic E-state index is 11.3. The Morgan fingerprint density at radius 1 is 1.53 bits per heavy atom. The SMILES string of the molecule is NC(=O)C1CCCN1Cc1ccc(C=CC(=O)O)s1. The van der Waals surface area contributed by atoms with Gasteiger partial charge in [-0.1, -0.05) is 0 Å². The molecule has 0 aliphatic carbocycles. The van der Waals surface area contributed by atoms with E-state index in [4.69, 9.17) is 10.8 Å². The lowest BCUT2D eigenvalue weighted by molar-refractivity contribution is -0.131. The zero-order valence-electron chi connectivity index (χ0n) is 10.4. The van der Waals surface area contributed by atoms with Gasteiger partial charge in [-0.25, -0.2) is 4.79 Å². The third-order valence-electron chi connectivity index (χ3n) is 3.12. The van der Waals surface area contributed by atoms with Crippen molar-refractivity contribution in [2.24, 2.45) is 5.73 Å². The van der Waals surface area contributed by atoms with Crippen molar-refractivity contribution >= 4 is 29.3 Å². The number of hydrogen-bond acceptors (Lipinski definition) is 4. The summed E-state index contributed by atoms with van der Waals surface area (Å²) in [4.78, 5) is 25.8. The maximum Gasteiger partial charge on any atom is 0.328 e. The van der Waals surface area contributed by atoms with E-state index in [-0.39, 0.29) is 11.9 Å². The number of primary amides is 1. The highest BCUT2D eigenvalue weighted by Gasteiger charge is 2.28. The summed E-state index contributed by atoms with van der Waals surface area (Å²) in [5, 5.41) is 8.57. The Hall–Kier alpha value is -1.66. The number of rotatable bonds is 5. The summed E-state index contributed by atoms with van der Waals surface area (Å²) in [5.74, 6) is -1.22. The van der Waals surface area contributed by atoms with Crippen LogP contribution < -0.4 is 5.73 Å². The number of amides is 1. The first-order valence-corrected chi connectivity index (χ1v) is 6.91. The summed E-state index contributed by atoms with van der Waals surface area (Å²) in [6.07, 6.45) is 4.51. The fourth-order valence-electron chi connectivity index (χ4n) is 2.26. The molecule has 0 radical (unpaired) electrons. The van der Waals surface area contributed by atoms with Gasteiger partial charge >= 0.3 is 5.97 Å². The molecule has 0 saturated carbocycles. The number of likely N-dealkylation sites (tertiary alicyclic amines) is 1. The van der Waals surface area contributed by atoms with Gasteiger partial charge in [0.25, 0.3) is 0 Å². The van der Waals surface area contributed by atoms with E-state index in [1.54, 1.807) is 6.08 Å². The van der Waals surface area contributed by atoms with Gasteiger partial charge in [0, 0.05) is 22.4 Å². The van der Waals surface area contributed by atoms with Crippen molar-refractivity contribution in [2.45, 2.75) is 25.4 Å². The number of thiophene rings is 1. The Bertz CT molecular complexity index is 510. The first-order valence-electron chi connectivity index (χ1n) is 6.09. The highest BCUT2D eigenvalue weighted by Crippen LogP contribution is 2.24. The number of nitrogens with zero attached hydrogens (tertiary/aromatic N) is 1. The number of nitrogens with two attached hydrogens (primary N) is 1. The van der Waals surface area contributed by atoms with Crippen LogP contribution in [0.4, 0.5) is 0 Å². The van der Waals surface area contributed by atoms with Gasteiger partial charge in [0.05, 0.1) is 6.04 Å². The van der Waals surface area contributed by atoms with Gasteiger partial charge in [-0.2, -0.15) is 0 Å². The van der Waals surface area contributed by atoms with Crippen molar-refractivity contribution in [1.29, 1.82) is 0 Å². The minimum Gasteiger partial charge on any atom is -0.478 e. The lowest BCUT2D eigenvalue weighted by Gasteiger charge is -2.20. The number of hydrogen-bond donors (Lipinski definition) is 2. The van der Waals surface area contributed by atoms with E-state index in [9.17, 15) is 9.59 Å². The highest BCUT2D eigenvalue weighted by atomic mass is 32.1. The Morgan fingerprint density at radius 3 is 3.00 bits per heavy atom. The van der Waals surface area contributed by atoms with Crippen LogP contribution in [0.2, 0.25) is 0 Å². The van der Waals surface area contributed by atoms with Crippen LogP contribution in [0.1, 0.15) is 22.6 Å². The highest BCUT2D eigenvalue weighted by molar-refractivity contribution is 7.12. The minimum atomic E-state index is -0.955. The van der Waals surface area contributed by atoms with Gasteiger partial charge in [-0.15, -0.1) is 11.3 Å². The van der Waals surface area contributed by atoms with Crippen molar-refractivity contribution in [3.8, 4) is 0 Å². The van der Waals surface area contributed by atoms with Gasteiger partial charge in [-0.05, 0) is 37.6 Å². The van der Waals surface area contributed by atoms with Gasteiger partial charge < -0.3 is 10.8 Å². The number of carbonyl (C=O) groups excluding carboxylic acids is 1. The zero-order valence-corrected chi connectivity index (χ0v) is 11.2. The quantitative estimate of drug-likeness (QED) is 0.796. The van der Waals surface area contributed by atoms with E-state index in [0.717, 1.165) is 35.2 Å². The molecule has 1 unspecified atom stereocenters. The van der Waals surface area contributed by atoms with Crippen LogP contribution in [-0.2, 0) is 16.1 Å². The second-order valence-corrected chi connectivity index (χ2v) is 5.71. The predicted molar refractivity (Wildman–Crippen MR) is 73.6 cm³/mol. The third kappa shape index (κ3) is 3.65. The summed E-state index contributed by atoms with van der Waals surface area (Å²) < 4.78 is 0. The maximum atomic E-state index is 11.3. The van der Waals surface area contributed by atoms with Crippen LogP contribution in [0.25, 0.3) is 6.08 Å². The minimum absolute atomic E-state index is 0.167. The van der Waals surface area contributed by atoms with Crippen molar-refractivity contribution in [3.63, 3.8) is 0 Å². The van der Waals surface area contributed by atoms with E-state index in [0.29, 0.717) is 6.54 Å². The lowest BCUT2D eigenvalue weighted by atomic mass is 10.2. The van der Waals surface area contributed by atoms with Crippen LogP contribution >= 0.6 is 11.3 Å². The van der Waals surface area contributed by atoms with Crippen LogP contribution in [0.15, 0.2) is 18.2 Å². The molecule has 2 rings (SSSR count). The fraction of sp³-hybridized carbons (Fsp3) is 0.385. The normalized spacial score (nSPS) is 20.1. The van der Waals surface area contributed by atoms with Crippen LogP contribution in [0, 0.1) is 0 Å². The van der Waals surface area contributed by atoms with Crippen LogP contribution in [0.5, 0.6) is 0 Å². The van der Waals surface area contributed by atoms with Gasteiger partial charge in [0.2, 0.25) is 5.91 Å². The smallest absolute Gasteiger partial charge is 0.328 e. The largest absolute Gasteiger partial charge is 0.478 e. The van der Waals surface area contributed by atoms with E-state index >= 15 is 0 Å². The first kappa shape index (κ1) is 13.8. The number of carbonyl (C=O) groups is 2. The fourth-order valence-corrected chi connectivity index (χ4v) is 3.20. The summed E-state index contributed by atoms with van der Waals surface area (Å²) in [6.45, 7) is 1.57. The second kappa shape index (κ2) is 5.99. The lowest BCUT2D eigenvalue weighted by Crippen LogP contribution is -2.39. The molecular formula is C13H16N2O3S. The average Bonchev–Trinajstić information content (AvgIpc) is 2.96. The molecule has 1 fully saturated rings. The Balaban J connectivity index is 2.00. The van der Waals surface area contributed by atoms with E-state index in [1.165, 1.54) is 11.3 Å². The Kier molecular flexibility index (Phi) is 4.34. The molecule has 0 bridgehead atoms. The predicted octanol–water partition coefficient (Wildman–Crippen LogP) is 1.30. The summed E-state index contributed by atoms with van der Waals surface area (Å²) in [7, 11) is 0.